The van der Waals surface area contributed by atoms with E-state index in [-0.39, 0.29) is 0 Å². The van der Waals surface area contributed by atoms with Crippen LogP contribution in [0.1, 0.15) is 31.2 Å². The molecule has 4 heteroatoms. The lowest BCUT2D eigenvalue weighted by Gasteiger charge is -1.98. The first-order valence-corrected chi connectivity index (χ1v) is 4.69. The molecule has 14 heavy (non-hydrogen) atoms. The molecule has 0 radical (unpaired) electrons. The van der Waals surface area contributed by atoms with Crippen LogP contribution in [-0.2, 0) is 0 Å². The second-order valence-electron chi connectivity index (χ2n) is 3.81. The number of hydrogen-bond donors (Lipinski definition) is 1. The summed E-state index contributed by atoms with van der Waals surface area (Å²) in [4.78, 5) is 8.72. The minimum absolute atomic E-state index is 0.415. The van der Waals surface area contributed by atoms with Gasteiger partial charge in [0.15, 0.2) is 0 Å². The van der Waals surface area contributed by atoms with Gasteiger partial charge in [-0.15, -0.1) is 0 Å². The van der Waals surface area contributed by atoms with Gasteiger partial charge in [-0.2, -0.15) is 0 Å². The van der Waals surface area contributed by atoms with Gasteiger partial charge in [0.25, 0.3) is 0 Å². The predicted octanol–water partition coefficient (Wildman–Crippen LogP) is 1.74. The molecule has 0 saturated carbocycles. The molecule has 0 unspecified atom stereocenters. The maximum atomic E-state index is 5.76. The zero-order valence-electron chi connectivity index (χ0n) is 8.65. The highest BCUT2D eigenvalue weighted by Crippen LogP contribution is 2.15. The SMILES string of the molecule is Cc1nc2nc(C(C)C)cn2cc1N. The summed E-state index contributed by atoms with van der Waals surface area (Å²) in [7, 11) is 0. The molecular weight excluding hydrogens is 176 g/mol. The van der Waals surface area contributed by atoms with Gasteiger partial charge in [0.05, 0.1) is 17.1 Å². The van der Waals surface area contributed by atoms with E-state index in [9.17, 15) is 0 Å². The molecule has 0 aromatic carbocycles. The van der Waals surface area contributed by atoms with Crippen LogP contribution in [0.15, 0.2) is 12.4 Å². The van der Waals surface area contributed by atoms with Gasteiger partial charge in [-0.1, -0.05) is 13.8 Å². The van der Waals surface area contributed by atoms with Gasteiger partial charge in [-0.3, -0.25) is 4.40 Å². The first-order valence-electron chi connectivity index (χ1n) is 4.69. The first-order chi connectivity index (χ1) is 6.58. The van der Waals surface area contributed by atoms with Crippen molar-refractivity contribution in [3.8, 4) is 0 Å². The number of nitrogens with zero attached hydrogens (tertiary/aromatic N) is 3. The van der Waals surface area contributed by atoms with Crippen molar-refractivity contribution in [2.75, 3.05) is 5.73 Å². The Bertz CT molecular complexity index is 431. The summed E-state index contributed by atoms with van der Waals surface area (Å²) in [5.41, 5.74) is 8.34. The Hall–Kier alpha value is -1.58. The van der Waals surface area contributed by atoms with Gasteiger partial charge in [0.2, 0.25) is 5.78 Å². The van der Waals surface area contributed by atoms with Crippen LogP contribution in [0.3, 0.4) is 0 Å². The topological polar surface area (TPSA) is 56.2 Å². The van der Waals surface area contributed by atoms with Crippen molar-refractivity contribution in [1.29, 1.82) is 0 Å². The highest BCUT2D eigenvalue weighted by Gasteiger charge is 2.07. The van der Waals surface area contributed by atoms with Gasteiger partial charge in [0.1, 0.15) is 0 Å². The Labute approximate surface area is 82.8 Å². The largest absolute Gasteiger partial charge is 0.396 e. The Morgan fingerprint density at radius 2 is 2.00 bits per heavy atom. The molecule has 2 heterocycles. The second-order valence-corrected chi connectivity index (χ2v) is 3.81. The fraction of sp³-hybridized carbons (Fsp3) is 0.400. The van der Waals surface area contributed by atoms with Crippen LogP contribution < -0.4 is 5.73 Å². The Kier molecular flexibility index (Phi) is 1.91. The standard InChI is InChI=1S/C10H14N4/c1-6(2)9-5-14-4-8(11)7(3)12-10(14)13-9/h4-6H,11H2,1-3H3. The average Bonchev–Trinajstić information content (AvgIpc) is 2.48. The van der Waals surface area contributed by atoms with E-state index >= 15 is 0 Å². The number of nitrogens with two attached hydrogens (primary N) is 1. The van der Waals surface area contributed by atoms with E-state index in [0.717, 1.165) is 17.2 Å². The van der Waals surface area contributed by atoms with Crippen LogP contribution >= 0.6 is 0 Å². The molecule has 2 N–H and O–H groups in total. The van der Waals surface area contributed by atoms with E-state index in [0.29, 0.717) is 11.6 Å². The Balaban J connectivity index is 2.66. The molecule has 0 amide bonds. The minimum atomic E-state index is 0.415. The van der Waals surface area contributed by atoms with Crippen molar-refractivity contribution < 1.29 is 0 Å². The van der Waals surface area contributed by atoms with Gasteiger partial charge >= 0.3 is 0 Å². The Morgan fingerprint density at radius 1 is 1.29 bits per heavy atom. The lowest BCUT2D eigenvalue weighted by atomic mass is 10.2. The molecule has 0 fully saturated rings. The number of rotatable bonds is 1. The van der Waals surface area contributed by atoms with E-state index in [2.05, 4.69) is 23.8 Å². The van der Waals surface area contributed by atoms with E-state index in [1.807, 2.05) is 23.7 Å². The molecule has 0 aliphatic heterocycles. The van der Waals surface area contributed by atoms with Crippen molar-refractivity contribution in [1.82, 2.24) is 14.4 Å². The number of hydrogen-bond acceptors (Lipinski definition) is 3. The van der Waals surface area contributed by atoms with Crippen molar-refractivity contribution in [3.05, 3.63) is 23.8 Å². The monoisotopic (exact) mass is 190 g/mol. The smallest absolute Gasteiger partial charge is 0.234 e. The highest BCUT2D eigenvalue weighted by molar-refractivity contribution is 5.46. The zero-order valence-corrected chi connectivity index (χ0v) is 8.65. The summed E-state index contributed by atoms with van der Waals surface area (Å²) in [6, 6.07) is 0. The second kappa shape index (κ2) is 2.97. The molecule has 0 aliphatic carbocycles. The van der Waals surface area contributed by atoms with Crippen LogP contribution in [0.4, 0.5) is 5.69 Å². The van der Waals surface area contributed by atoms with Gasteiger partial charge in [-0.25, -0.2) is 9.97 Å². The summed E-state index contributed by atoms with van der Waals surface area (Å²) >= 11 is 0. The normalized spacial score (nSPS) is 11.4. The fourth-order valence-electron chi connectivity index (χ4n) is 1.32. The van der Waals surface area contributed by atoms with Crippen LogP contribution in [0, 0.1) is 6.92 Å². The van der Waals surface area contributed by atoms with Crippen LogP contribution in [0.2, 0.25) is 0 Å². The number of aromatic nitrogens is 3. The molecule has 2 aromatic rings. The van der Waals surface area contributed by atoms with Gasteiger partial charge in [0, 0.05) is 12.4 Å². The lowest BCUT2D eigenvalue weighted by Crippen LogP contribution is -1.97. The number of anilines is 1. The van der Waals surface area contributed by atoms with Gasteiger partial charge < -0.3 is 5.73 Å². The number of nitrogen functional groups attached to an aromatic ring is 1. The van der Waals surface area contributed by atoms with E-state index in [4.69, 9.17) is 5.73 Å². The van der Waals surface area contributed by atoms with Crippen molar-refractivity contribution >= 4 is 11.5 Å². The van der Waals surface area contributed by atoms with Crippen molar-refractivity contribution in [3.63, 3.8) is 0 Å². The third-order valence-electron chi connectivity index (χ3n) is 2.29. The minimum Gasteiger partial charge on any atom is -0.396 e. The number of imidazole rings is 1. The predicted molar refractivity (Wildman–Crippen MR) is 56.2 cm³/mol. The third-order valence-corrected chi connectivity index (χ3v) is 2.29. The number of fused-ring (bicyclic) bond motifs is 1. The quantitative estimate of drug-likeness (QED) is 0.745. The van der Waals surface area contributed by atoms with E-state index < -0.39 is 0 Å². The maximum Gasteiger partial charge on any atom is 0.234 e. The summed E-state index contributed by atoms with van der Waals surface area (Å²) in [6.45, 7) is 6.11. The number of aryl methyl sites for hydroxylation is 1. The van der Waals surface area contributed by atoms with Crippen LogP contribution in [0.5, 0.6) is 0 Å². The van der Waals surface area contributed by atoms with Crippen LogP contribution in [0.25, 0.3) is 5.78 Å². The molecule has 0 aliphatic rings. The molecule has 0 spiro atoms. The highest BCUT2D eigenvalue weighted by atomic mass is 15.1. The molecule has 2 rings (SSSR count). The first kappa shape index (κ1) is 8.99. The summed E-state index contributed by atoms with van der Waals surface area (Å²) in [6.07, 6.45) is 3.83. The average molecular weight is 190 g/mol. The third kappa shape index (κ3) is 1.32. The molecular formula is C10H14N4. The zero-order chi connectivity index (χ0) is 10.3. The summed E-state index contributed by atoms with van der Waals surface area (Å²) in [5.74, 6) is 1.14. The van der Waals surface area contributed by atoms with E-state index in [1.165, 1.54) is 0 Å². The van der Waals surface area contributed by atoms with Crippen molar-refractivity contribution in [2.24, 2.45) is 0 Å². The maximum absolute atomic E-state index is 5.76. The molecule has 2 aromatic heterocycles. The molecule has 4 nitrogen and oxygen atoms in total. The summed E-state index contributed by atoms with van der Waals surface area (Å²) < 4.78 is 1.87. The lowest BCUT2D eigenvalue weighted by molar-refractivity contribution is 0.833. The summed E-state index contributed by atoms with van der Waals surface area (Å²) in [5, 5.41) is 0. The molecule has 0 atom stereocenters. The molecule has 74 valence electrons. The van der Waals surface area contributed by atoms with E-state index in [1.54, 1.807) is 0 Å². The van der Waals surface area contributed by atoms with Gasteiger partial charge in [-0.05, 0) is 12.8 Å². The van der Waals surface area contributed by atoms with Crippen molar-refractivity contribution in [2.45, 2.75) is 26.7 Å². The molecule has 0 bridgehead atoms. The van der Waals surface area contributed by atoms with Crippen LogP contribution in [-0.4, -0.2) is 14.4 Å². The Morgan fingerprint density at radius 3 is 2.64 bits per heavy atom. The fourth-order valence-corrected chi connectivity index (χ4v) is 1.32. The molecule has 0 saturated heterocycles.